The SMILES string of the molecule is C/C(=C\c1cccc(Cl)c1)C(=O)N1CCC(n2cc(CO)nn2)C1. The second kappa shape index (κ2) is 7.15. The van der Waals surface area contributed by atoms with Crippen molar-refractivity contribution in [2.24, 2.45) is 0 Å². The first-order valence-corrected chi connectivity index (χ1v) is 8.19. The Hall–Kier alpha value is -2.18. The number of likely N-dealkylation sites (tertiary alicyclic amines) is 1. The highest BCUT2D eigenvalue weighted by Gasteiger charge is 2.28. The van der Waals surface area contributed by atoms with E-state index in [2.05, 4.69) is 10.3 Å². The Morgan fingerprint density at radius 1 is 1.50 bits per heavy atom. The van der Waals surface area contributed by atoms with Gasteiger partial charge in [0.2, 0.25) is 5.91 Å². The zero-order valence-electron chi connectivity index (χ0n) is 13.4. The van der Waals surface area contributed by atoms with E-state index in [0.717, 1.165) is 12.0 Å². The maximum atomic E-state index is 12.6. The first kappa shape index (κ1) is 16.7. The largest absolute Gasteiger partial charge is 0.390 e. The highest BCUT2D eigenvalue weighted by molar-refractivity contribution is 6.30. The van der Waals surface area contributed by atoms with E-state index in [9.17, 15) is 4.79 Å². The zero-order valence-corrected chi connectivity index (χ0v) is 14.1. The third-order valence-electron chi connectivity index (χ3n) is 4.11. The number of aliphatic hydroxyl groups excluding tert-OH is 1. The van der Waals surface area contributed by atoms with Gasteiger partial charge in [0.25, 0.3) is 0 Å². The van der Waals surface area contributed by atoms with Crippen molar-refractivity contribution in [3.8, 4) is 0 Å². The van der Waals surface area contributed by atoms with E-state index in [1.165, 1.54) is 0 Å². The van der Waals surface area contributed by atoms with Crippen molar-refractivity contribution in [3.05, 3.63) is 52.3 Å². The molecule has 0 radical (unpaired) electrons. The summed E-state index contributed by atoms with van der Waals surface area (Å²) < 4.78 is 1.73. The number of hydrogen-bond acceptors (Lipinski definition) is 4. The van der Waals surface area contributed by atoms with Gasteiger partial charge in [-0.25, -0.2) is 4.68 Å². The topological polar surface area (TPSA) is 71.2 Å². The molecule has 1 unspecified atom stereocenters. The van der Waals surface area contributed by atoms with Crippen LogP contribution in [0.5, 0.6) is 0 Å². The smallest absolute Gasteiger partial charge is 0.249 e. The number of benzene rings is 1. The van der Waals surface area contributed by atoms with Crippen molar-refractivity contribution < 1.29 is 9.90 Å². The van der Waals surface area contributed by atoms with Crippen LogP contribution in [-0.4, -0.2) is 44.0 Å². The third-order valence-corrected chi connectivity index (χ3v) is 4.35. The first-order valence-electron chi connectivity index (χ1n) is 7.81. The molecule has 0 aliphatic carbocycles. The van der Waals surface area contributed by atoms with Crippen LogP contribution in [0.15, 0.2) is 36.0 Å². The Bertz CT molecular complexity index is 771. The molecule has 1 aromatic carbocycles. The van der Waals surface area contributed by atoms with Crippen molar-refractivity contribution in [2.75, 3.05) is 13.1 Å². The van der Waals surface area contributed by atoms with Gasteiger partial charge in [-0.3, -0.25) is 4.79 Å². The molecule has 1 N–H and O–H groups in total. The molecule has 1 amide bonds. The third kappa shape index (κ3) is 3.66. The van der Waals surface area contributed by atoms with Crippen LogP contribution < -0.4 is 0 Å². The van der Waals surface area contributed by atoms with Gasteiger partial charge in [0, 0.05) is 23.7 Å². The Kier molecular flexibility index (Phi) is 4.97. The number of hydrogen-bond donors (Lipinski definition) is 1. The molecule has 126 valence electrons. The number of rotatable bonds is 4. The fourth-order valence-corrected chi connectivity index (χ4v) is 3.06. The Morgan fingerprint density at radius 2 is 2.33 bits per heavy atom. The number of amides is 1. The summed E-state index contributed by atoms with van der Waals surface area (Å²) in [5, 5.41) is 17.6. The summed E-state index contributed by atoms with van der Waals surface area (Å²) in [6, 6.07) is 7.51. The number of aliphatic hydroxyl groups is 1. The van der Waals surface area contributed by atoms with Crippen molar-refractivity contribution >= 4 is 23.6 Å². The summed E-state index contributed by atoms with van der Waals surface area (Å²) in [5.74, 6) is 0.0139. The van der Waals surface area contributed by atoms with Gasteiger partial charge in [0.1, 0.15) is 5.69 Å². The van der Waals surface area contributed by atoms with Crippen molar-refractivity contribution in [2.45, 2.75) is 26.0 Å². The van der Waals surface area contributed by atoms with E-state index in [1.54, 1.807) is 16.9 Å². The number of carbonyl (C=O) groups is 1. The van der Waals surface area contributed by atoms with Gasteiger partial charge >= 0.3 is 0 Å². The van der Waals surface area contributed by atoms with Crippen molar-refractivity contribution in [1.82, 2.24) is 19.9 Å². The van der Waals surface area contributed by atoms with Crippen LogP contribution in [0.3, 0.4) is 0 Å². The normalized spacial score (nSPS) is 18.2. The van der Waals surface area contributed by atoms with Crippen LogP contribution in [0, 0.1) is 0 Å². The summed E-state index contributed by atoms with van der Waals surface area (Å²) in [6.07, 6.45) is 4.40. The van der Waals surface area contributed by atoms with Gasteiger partial charge in [-0.1, -0.05) is 28.9 Å². The highest BCUT2D eigenvalue weighted by atomic mass is 35.5. The number of aromatic nitrogens is 3. The molecule has 1 aliphatic rings. The minimum Gasteiger partial charge on any atom is -0.390 e. The molecule has 6 nitrogen and oxygen atoms in total. The average molecular weight is 347 g/mol. The van der Waals surface area contributed by atoms with Crippen molar-refractivity contribution in [3.63, 3.8) is 0 Å². The lowest BCUT2D eigenvalue weighted by Gasteiger charge is -2.17. The van der Waals surface area contributed by atoms with Crippen LogP contribution in [0.2, 0.25) is 5.02 Å². The number of nitrogens with zero attached hydrogens (tertiary/aromatic N) is 4. The van der Waals surface area contributed by atoms with Crippen LogP contribution in [0.4, 0.5) is 0 Å². The summed E-state index contributed by atoms with van der Waals surface area (Å²) >= 11 is 5.98. The molecule has 7 heteroatoms. The predicted octanol–water partition coefficient (Wildman–Crippen LogP) is 2.30. The van der Waals surface area contributed by atoms with Crippen LogP contribution in [0.25, 0.3) is 6.08 Å². The molecule has 1 saturated heterocycles. The molecule has 1 aromatic heterocycles. The lowest BCUT2D eigenvalue weighted by molar-refractivity contribution is -0.126. The molecule has 2 aromatic rings. The molecular formula is C17H19ClN4O2. The number of halogens is 1. The van der Waals surface area contributed by atoms with Crippen LogP contribution >= 0.6 is 11.6 Å². The van der Waals surface area contributed by atoms with Gasteiger partial charge in [-0.2, -0.15) is 0 Å². The molecule has 3 rings (SSSR count). The molecule has 24 heavy (non-hydrogen) atoms. The van der Waals surface area contributed by atoms with Gasteiger partial charge < -0.3 is 10.0 Å². The Morgan fingerprint density at radius 3 is 3.04 bits per heavy atom. The molecule has 2 heterocycles. The maximum Gasteiger partial charge on any atom is 0.249 e. The number of carbonyl (C=O) groups excluding carboxylic acids is 1. The standard InChI is InChI=1S/C17H19ClN4O2/c1-12(7-13-3-2-4-14(18)8-13)17(24)21-6-5-16(10-21)22-9-15(11-23)19-20-22/h2-4,7-9,16,23H,5-6,10-11H2,1H3/b12-7+. The van der Waals surface area contributed by atoms with Crippen LogP contribution in [-0.2, 0) is 11.4 Å². The minimum atomic E-state index is -0.128. The lowest BCUT2D eigenvalue weighted by Crippen LogP contribution is -2.29. The van der Waals surface area contributed by atoms with Gasteiger partial charge in [0.15, 0.2) is 0 Å². The monoisotopic (exact) mass is 346 g/mol. The van der Waals surface area contributed by atoms with Crippen LogP contribution in [0.1, 0.15) is 30.6 Å². The Labute approximate surface area is 145 Å². The Balaban J connectivity index is 1.67. The summed E-state index contributed by atoms with van der Waals surface area (Å²) in [6.45, 7) is 2.96. The molecule has 0 bridgehead atoms. The lowest BCUT2D eigenvalue weighted by atomic mass is 10.1. The maximum absolute atomic E-state index is 12.6. The minimum absolute atomic E-state index is 0.0139. The summed E-state index contributed by atoms with van der Waals surface area (Å²) in [5.41, 5.74) is 2.12. The van der Waals surface area contributed by atoms with E-state index < -0.39 is 0 Å². The molecule has 0 saturated carbocycles. The zero-order chi connectivity index (χ0) is 17.1. The highest BCUT2D eigenvalue weighted by Crippen LogP contribution is 2.23. The molecule has 1 fully saturated rings. The van der Waals surface area contributed by atoms with E-state index in [1.807, 2.05) is 36.1 Å². The molecule has 1 atom stereocenters. The molecular weight excluding hydrogens is 328 g/mol. The summed E-state index contributed by atoms with van der Waals surface area (Å²) in [4.78, 5) is 14.4. The van der Waals surface area contributed by atoms with Gasteiger partial charge in [-0.15, -0.1) is 5.10 Å². The first-order chi connectivity index (χ1) is 11.6. The van der Waals surface area contributed by atoms with Gasteiger partial charge in [0.05, 0.1) is 18.8 Å². The quantitative estimate of drug-likeness (QED) is 0.862. The predicted molar refractivity (Wildman–Crippen MR) is 91.3 cm³/mol. The van der Waals surface area contributed by atoms with E-state index in [0.29, 0.717) is 29.4 Å². The fraction of sp³-hybridized carbons (Fsp3) is 0.353. The fourth-order valence-electron chi connectivity index (χ4n) is 2.86. The second-order valence-corrected chi connectivity index (χ2v) is 6.36. The van der Waals surface area contributed by atoms with Crippen molar-refractivity contribution in [1.29, 1.82) is 0 Å². The van der Waals surface area contributed by atoms with E-state index in [-0.39, 0.29) is 18.6 Å². The second-order valence-electron chi connectivity index (χ2n) is 5.92. The summed E-state index contributed by atoms with van der Waals surface area (Å²) in [7, 11) is 0. The van der Waals surface area contributed by atoms with E-state index in [4.69, 9.17) is 16.7 Å². The van der Waals surface area contributed by atoms with Gasteiger partial charge in [-0.05, 0) is 37.1 Å². The van der Waals surface area contributed by atoms with E-state index >= 15 is 0 Å². The molecule has 0 spiro atoms. The average Bonchev–Trinajstić information content (AvgIpc) is 3.23. The molecule has 1 aliphatic heterocycles.